The number of hydrogen-bond donors (Lipinski definition) is 1. The molecule has 0 aliphatic carbocycles. The van der Waals surface area contributed by atoms with Crippen LogP contribution in [0.3, 0.4) is 0 Å². The van der Waals surface area contributed by atoms with Gasteiger partial charge in [-0.25, -0.2) is 0 Å². The molecule has 0 radical (unpaired) electrons. The second-order valence-corrected chi connectivity index (χ2v) is 5.10. The maximum Gasteiger partial charge on any atom is 0.124 e. The first-order chi connectivity index (χ1) is 9.72. The second kappa shape index (κ2) is 7.11. The van der Waals surface area contributed by atoms with Crippen LogP contribution >= 0.6 is 0 Å². The van der Waals surface area contributed by atoms with Crippen LogP contribution in [0.1, 0.15) is 29.2 Å². The molecular formula is C18H23NO. The molecule has 0 heterocycles. The van der Waals surface area contributed by atoms with E-state index in [1.165, 1.54) is 22.3 Å². The van der Waals surface area contributed by atoms with Crippen LogP contribution in [0.15, 0.2) is 42.5 Å². The van der Waals surface area contributed by atoms with Crippen molar-refractivity contribution in [3.63, 3.8) is 0 Å². The normalized spacial score (nSPS) is 10.6. The van der Waals surface area contributed by atoms with Gasteiger partial charge in [0, 0.05) is 12.1 Å². The summed E-state index contributed by atoms with van der Waals surface area (Å²) in [5.74, 6) is 0.963. The molecule has 0 aromatic heterocycles. The van der Waals surface area contributed by atoms with Crippen LogP contribution in [0, 0.1) is 6.92 Å². The molecule has 0 atom stereocenters. The third-order valence-corrected chi connectivity index (χ3v) is 3.41. The van der Waals surface area contributed by atoms with Gasteiger partial charge in [-0.05, 0) is 37.6 Å². The highest BCUT2D eigenvalue weighted by Gasteiger charge is 2.04. The minimum absolute atomic E-state index is 0.615. The fraction of sp³-hybridized carbons (Fsp3) is 0.333. The molecule has 1 N–H and O–H groups in total. The van der Waals surface area contributed by atoms with E-state index < -0.39 is 0 Å². The summed E-state index contributed by atoms with van der Waals surface area (Å²) in [5, 5.41) is 3.18. The van der Waals surface area contributed by atoms with Crippen molar-refractivity contribution in [3.05, 3.63) is 64.7 Å². The predicted octanol–water partition coefficient (Wildman–Crippen LogP) is 3.86. The highest BCUT2D eigenvalue weighted by Crippen LogP contribution is 2.21. The SMILES string of the molecule is CCc1ccc(COc2ccc(C)cc2CNC)cc1. The number of aryl methyl sites for hydroxylation is 2. The molecule has 0 saturated heterocycles. The van der Waals surface area contributed by atoms with Gasteiger partial charge >= 0.3 is 0 Å². The zero-order valence-electron chi connectivity index (χ0n) is 12.6. The lowest BCUT2D eigenvalue weighted by Crippen LogP contribution is -2.08. The van der Waals surface area contributed by atoms with E-state index >= 15 is 0 Å². The second-order valence-electron chi connectivity index (χ2n) is 5.10. The number of hydrogen-bond acceptors (Lipinski definition) is 2. The van der Waals surface area contributed by atoms with E-state index in [-0.39, 0.29) is 0 Å². The van der Waals surface area contributed by atoms with Gasteiger partial charge < -0.3 is 10.1 Å². The van der Waals surface area contributed by atoms with Crippen molar-refractivity contribution in [3.8, 4) is 5.75 Å². The van der Waals surface area contributed by atoms with E-state index in [0.717, 1.165) is 18.7 Å². The summed E-state index contributed by atoms with van der Waals surface area (Å²) >= 11 is 0. The molecule has 2 rings (SSSR count). The lowest BCUT2D eigenvalue weighted by atomic mass is 10.1. The van der Waals surface area contributed by atoms with Gasteiger partial charge in [-0.1, -0.05) is 48.9 Å². The molecule has 106 valence electrons. The van der Waals surface area contributed by atoms with Gasteiger partial charge in [0.2, 0.25) is 0 Å². The Labute approximate surface area is 121 Å². The number of benzene rings is 2. The Morgan fingerprint density at radius 2 is 1.70 bits per heavy atom. The van der Waals surface area contributed by atoms with E-state index in [2.05, 4.69) is 61.6 Å². The molecule has 0 unspecified atom stereocenters. The fourth-order valence-electron chi connectivity index (χ4n) is 2.21. The van der Waals surface area contributed by atoms with Crippen molar-refractivity contribution in [2.75, 3.05) is 7.05 Å². The van der Waals surface area contributed by atoms with Crippen molar-refractivity contribution in [2.24, 2.45) is 0 Å². The molecule has 0 saturated carbocycles. The molecule has 0 aliphatic heterocycles. The molecule has 0 fully saturated rings. The lowest BCUT2D eigenvalue weighted by molar-refractivity contribution is 0.302. The van der Waals surface area contributed by atoms with E-state index in [4.69, 9.17) is 4.74 Å². The van der Waals surface area contributed by atoms with Gasteiger partial charge in [-0.3, -0.25) is 0 Å². The first-order valence-electron chi connectivity index (χ1n) is 7.17. The average molecular weight is 269 g/mol. The molecule has 0 bridgehead atoms. The van der Waals surface area contributed by atoms with Crippen LogP contribution in [0.4, 0.5) is 0 Å². The van der Waals surface area contributed by atoms with E-state index in [1.54, 1.807) is 0 Å². The van der Waals surface area contributed by atoms with E-state index in [0.29, 0.717) is 6.61 Å². The smallest absolute Gasteiger partial charge is 0.124 e. The first kappa shape index (κ1) is 14.6. The number of rotatable bonds is 6. The van der Waals surface area contributed by atoms with Crippen molar-refractivity contribution >= 4 is 0 Å². The predicted molar refractivity (Wildman–Crippen MR) is 84.1 cm³/mol. The molecule has 20 heavy (non-hydrogen) atoms. The van der Waals surface area contributed by atoms with Crippen LogP contribution < -0.4 is 10.1 Å². The molecule has 2 aromatic carbocycles. The van der Waals surface area contributed by atoms with Crippen molar-refractivity contribution in [2.45, 2.75) is 33.4 Å². The highest BCUT2D eigenvalue weighted by atomic mass is 16.5. The maximum absolute atomic E-state index is 5.96. The molecule has 2 aromatic rings. The van der Waals surface area contributed by atoms with Gasteiger partial charge in [-0.2, -0.15) is 0 Å². The zero-order valence-corrected chi connectivity index (χ0v) is 12.6. The summed E-state index contributed by atoms with van der Waals surface area (Å²) in [5.41, 5.74) is 5.03. The van der Waals surface area contributed by atoms with Gasteiger partial charge in [0.05, 0.1) is 0 Å². The van der Waals surface area contributed by atoms with Crippen LogP contribution in [0.5, 0.6) is 5.75 Å². The van der Waals surface area contributed by atoms with Gasteiger partial charge in [0.25, 0.3) is 0 Å². The summed E-state index contributed by atoms with van der Waals surface area (Å²) in [4.78, 5) is 0. The largest absolute Gasteiger partial charge is 0.489 e. The minimum Gasteiger partial charge on any atom is -0.489 e. The molecule has 0 aliphatic rings. The molecule has 0 amide bonds. The standard InChI is InChI=1S/C18H23NO/c1-4-15-6-8-16(9-7-15)13-20-18-10-5-14(2)11-17(18)12-19-3/h5-11,19H,4,12-13H2,1-3H3. The molecular weight excluding hydrogens is 246 g/mol. The molecule has 2 heteroatoms. The first-order valence-corrected chi connectivity index (χ1v) is 7.17. The molecule has 0 spiro atoms. The molecule has 2 nitrogen and oxygen atoms in total. The van der Waals surface area contributed by atoms with Gasteiger partial charge in [-0.15, -0.1) is 0 Å². The van der Waals surface area contributed by atoms with Gasteiger partial charge in [0.15, 0.2) is 0 Å². The van der Waals surface area contributed by atoms with Crippen LogP contribution in [0.25, 0.3) is 0 Å². The van der Waals surface area contributed by atoms with E-state index in [9.17, 15) is 0 Å². The van der Waals surface area contributed by atoms with Crippen LogP contribution in [-0.2, 0) is 19.6 Å². The number of nitrogens with one attached hydrogen (secondary N) is 1. The Morgan fingerprint density at radius 1 is 1.00 bits per heavy atom. The quantitative estimate of drug-likeness (QED) is 0.860. The third kappa shape index (κ3) is 3.84. The number of ether oxygens (including phenoxy) is 1. The highest BCUT2D eigenvalue weighted by molar-refractivity contribution is 5.37. The lowest BCUT2D eigenvalue weighted by Gasteiger charge is -2.12. The van der Waals surface area contributed by atoms with Crippen molar-refractivity contribution in [1.29, 1.82) is 0 Å². The average Bonchev–Trinajstić information content (AvgIpc) is 2.47. The summed E-state index contributed by atoms with van der Waals surface area (Å²) in [6, 6.07) is 14.9. The Hall–Kier alpha value is -1.80. The topological polar surface area (TPSA) is 21.3 Å². The van der Waals surface area contributed by atoms with Crippen molar-refractivity contribution in [1.82, 2.24) is 5.32 Å². The third-order valence-electron chi connectivity index (χ3n) is 3.41. The Kier molecular flexibility index (Phi) is 5.19. The minimum atomic E-state index is 0.615. The van der Waals surface area contributed by atoms with Gasteiger partial charge in [0.1, 0.15) is 12.4 Å². The van der Waals surface area contributed by atoms with E-state index in [1.807, 2.05) is 7.05 Å². The Morgan fingerprint density at radius 3 is 2.35 bits per heavy atom. The Bertz CT molecular complexity index is 546. The summed E-state index contributed by atoms with van der Waals surface area (Å²) in [7, 11) is 1.95. The maximum atomic E-state index is 5.96. The fourth-order valence-corrected chi connectivity index (χ4v) is 2.21. The zero-order chi connectivity index (χ0) is 14.4. The summed E-state index contributed by atoms with van der Waals surface area (Å²) in [6.45, 7) is 5.71. The summed E-state index contributed by atoms with van der Waals surface area (Å²) < 4.78 is 5.96. The van der Waals surface area contributed by atoms with Crippen LogP contribution in [-0.4, -0.2) is 7.05 Å². The summed E-state index contributed by atoms with van der Waals surface area (Å²) in [6.07, 6.45) is 1.07. The van der Waals surface area contributed by atoms with Crippen molar-refractivity contribution < 1.29 is 4.74 Å². The monoisotopic (exact) mass is 269 g/mol. The Balaban J connectivity index is 2.05. The van der Waals surface area contributed by atoms with Crippen LogP contribution in [0.2, 0.25) is 0 Å².